The van der Waals surface area contributed by atoms with Crippen LogP contribution in [0, 0.1) is 0 Å². The fraction of sp³-hybridized carbons (Fsp3) is 0.882. The maximum atomic E-state index is 11.8. The van der Waals surface area contributed by atoms with E-state index >= 15 is 0 Å². The van der Waals surface area contributed by atoms with Crippen molar-refractivity contribution in [2.24, 2.45) is 0 Å². The lowest BCUT2D eigenvalue weighted by molar-refractivity contribution is -0.324. The lowest BCUT2D eigenvalue weighted by Crippen LogP contribution is -2.63. The highest BCUT2D eigenvalue weighted by Crippen LogP contribution is 2.22. The number of morpholine rings is 1. The van der Waals surface area contributed by atoms with Crippen LogP contribution < -0.4 is 10.8 Å². The second kappa shape index (κ2) is 13.8. The normalized spacial score (nSPS) is 25.0. The van der Waals surface area contributed by atoms with E-state index in [2.05, 4.69) is 10.8 Å². The topological polar surface area (TPSA) is 161 Å². The largest absolute Gasteiger partial charge is 0.393 e. The van der Waals surface area contributed by atoms with Crippen LogP contribution in [0.1, 0.15) is 45.4 Å². The van der Waals surface area contributed by atoms with Gasteiger partial charge < -0.3 is 35.3 Å². The summed E-state index contributed by atoms with van der Waals surface area (Å²) in [6, 6.07) is 0. The molecule has 1 saturated heterocycles. The van der Waals surface area contributed by atoms with Crippen molar-refractivity contribution in [3.8, 4) is 0 Å². The molecule has 1 aliphatic heterocycles. The molecule has 1 fully saturated rings. The van der Waals surface area contributed by atoms with E-state index < -0.39 is 37.4 Å². The van der Waals surface area contributed by atoms with Gasteiger partial charge in [0.1, 0.15) is 6.10 Å². The number of amides is 2. The number of ether oxygens (including phenoxy) is 2. The van der Waals surface area contributed by atoms with Gasteiger partial charge in [0.15, 0.2) is 12.5 Å². The molecule has 164 valence electrons. The Morgan fingerprint density at radius 1 is 1.07 bits per heavy atom. The van der Waals surface area contributed by atoms with Crippen LogP contribution in [0.15, 0.2) is 0 Å². The first kappa shape index (κ1) is 24.7. The van der Waals surface area contributed by atoms with Crippen molar-refractivity contribution >= 4 is 11.8 Å². The van der Waals surface area contributed by atoms with E-state index in [1.165, 1.54) is 6.92 Å². The van der Waals surface area contributed by atoms with Crippen LogP contribution in [0.25, 0.3) is 0 Å². The molecule has 4 atom stereocenters. The molecule has 0 aromatic heterocycles. The summed E-state index contributed by atoms with van der Waals surface area (Å²) in [6.45, 7) is 1.88. The maximum absolute atomic E-state index is 11.8. The Balaban J connectivity index is 2.22. The molecule has 11 heteroatoms. The molecule has 2 amide bonds. The van der Waals surface area contributed by atoms with E-state index in [9.17, 15) is 24.9 Å². The number of carbonyl (C=O) groups is 2. The second-order valence-corrected chi connectivity index (χ2v) is 6.63. The lowest BCUT2D eigenvalue weighted by atomic mass is 10.2. The van der Waals surface area contributed by atoms with Crippen molar-refractivity contribution in [2.45, 2.75) is 70.3 Å². The van der Waals surface area contributed by atoms with Crippen LogP contribution in [-0.2, 0) is 19.1 Å². The van der Waals surface area contributed by atoms with Crippen molar-refractivity contribution in [3.05, 3.63) is 0 Å². The minimum absolute atomic E-state index is 0.100. The number of nitrogens with one attached hydrogen (secondary N) is 2. The Bertz CT molecular complexity index is 468. The molecule has 0 aromatic rings. The SMILES string of the molecule is CC(=O)N1C(O)C(CO)OC(OCCCC(=O)NCCCCCCNO)C1O. The number of unbranched alkanes of at least 4 members (excludes halogenated alkanes) is 3. The molecule has 0 aromatic carbocycles. The smallest absolute Gasteiger partial charge is 0.223 e. The highest BCUT2D eigenvalue weighted by atomic mass is 16.7. The molecule has 6 N–H and O–H groups in total. The van der Waals surface area contributed by atoms with Gasteiger partial charge in [0.2, 0.25) is 18.1 Å². The average Bonchev–Trinajstić information content (AvgIpc) is 2.65. The molecule has 1 rings (SSSR count). The first-order valence-corrected chi connectivity index (χ1v) is 9.59. The van der Waals surface area contributed by atoms with E-state index in [0.29, 0.717) is 19.5 Å². The van der Waals surface area contributed by atoms with Crippen molar-refractivity contribution in [3.63, 3.8) is 0 Å². The van der Waals surface area contributed by atoms with E-state index in [-0.39, 0.29) is 18.9 Å². The zero-order chi connectivity index (χ0) is 20.9. The zero-order valence-corrected chi connectivity index (χ0v) is 16.2. The minimum atomic E-state index is -1.51. The Morgan fingerprint density at radius 2 is 1.75 bits per heavy atom. The number of nitrogens with zero attached hydrogens (tertiary/aromatic N) is 1. The standard InChI is InChI=1S/C17H33N3O8/c1-12(22)20-15(24)13(11-21)28-17(16(20)25)27-10-6-7-14(23)18-8-4-2-3-5-9-19-26/h13,15-17,19,21,24-26H,2-11H2,1H3,(H,18,23). The molecule has 0 radical (unpaired) electrons. The van der Waals surface area contributed by atoms with Crippen molar-refractivity contribution < 1.29 is 39.6 Å². The van der Waals surface area contributed by atoms with Gasteiger partial charge in [0.25, 0.3) is 0 Å². The zero-order valence-electron chi connectivity index (χ0n) is 16.2. The summed E-state index contributed by atoms with van der Waals surface area (Å²) < 4.78 is 10.7. The van der Waals surface area contributed by atoms with Crippen molar-refractivity contribution in [2.75, 3.05) is 26.3 Å². The molecule has 28 heavy (non-hydrogen) atoms. The van der Waals surface area contributed by atoms with Crippen molar-refractivity contribution in [1.29, 1.82) is 0 Å². The van der Waals surface area contributed by atoms with Crippen LogP contribution in [0.3, 0.4) is 0 Å². The molecule has 4 unspecified atom stereocenters. The predicted molar refractivity (Wildman–Crippen MR) is 96.7 cm³/mol. The van der Waals surface area contributed by atoms with E-state index in [0.717, 1.165) is 30.6 Å². The summed E-state index contributed by atoms with van der Waals surface area (Å²) in [5, 5.41) is 40.5. The number of carbonyl (C=O) groups excluding carboxylic acids is 2. The van der Waals surface area contributed by atoms with Gasteiger partial charge in [-0.15, -0.1) is 0 Å². The van der Waals surface area contributed by atoms with Crippen LogP contribution in [0.4, 0.5) is 0 Å². The molecule has 0 aliphatic carbocycles. The van der Waals surface area contributed by atoms with Crippen LogP contribution in [-0.4, -0.2) is 88.4 Å². The van der Waals surface area contributed by atoms with E-state index in [4.69, 9.17) is 14.7 Å². The van der Waals surface area contributed by atoms with Gasteiger partial charge in [-0.05, 0) is 19.3 Å². The van der Waals surface area contributed by atoms with Gasteiger partial charge in [0, 0.05) is 26.4 Å². The first-order chi connectivity index (χ1) is 13.4. The maximum Gasteiger partial charge on any atom is 0.223 e. The summed E-state index contributed by atoms with van der Waals surface area (Å²) in [6.07, 6.45) is -0.989. The van der Waals surface area contributed by atoms with Gasteiger partial charge in [0.05, 0.1) is 13.2 Å². The van der Waals surface area contributed by atoms with Crippen LogP contribution in [0.5, 0.6) is 0 Å². The second-order valence-electron chi connectivity index (χ2n) is 6.63. The Labute approximate surface area is 164 Å². The fourth-order valence-corrected chi connectivity index (χ4v) is 2.85. The van der Waals surface area contributed by atoms with Gasteiger partial charge >= 0.3 is 0 Å². The van der Waals surface area contributed by atoms with E-state index in [1.54, 1.807) is 0 Å². The third-order valence-corrected chi connectivity index (χ3v) is 4.37. The average molecular weight is 407 g/mol. The van der Waals surface area contributed by atoms with Gasteiger partial charge in [-0.1, -0.05) is 12.8 Å². The van der Waals surface area contributed by atoms with E-state index in [1.807, 2.05) is 0 Å². The number of aliphatic hydroxyl groups is 3. The molecule has 0 saturated carbocycles. The summed E-state index contributed by atoms with van der Waals surface area (Å²) in [5.74, 6) is -0.692. The molecular weight excluding hydrogens is 374 g/mol. The Hall–Kier alpha value is -1.34. The third-order valence-electron chi connectivity index (χ3n) is 4.37. The van der Waals surface area contributed by atoms with Crippen molar-refractivity contribution in [1.82, 2.24) is 15.7 Å². The number of aliphatic hydroxyl groups excluding tert-OH is 3. The predicted octanol–water partition coefficient (Wildman–Crippen LogP) is -1.36. The Kier molecular flexibility index (Phi) is 12.1. The molecule has 0 spiro atoms. The monoisotopic (exact) mass is 407 g/mol. The molecule has 1 aliphatic rings. The molecule has 0 bridgehead atoms. The summed E-state index contributed by atoms with van der Waals surface area (Å²) in [5.41, 5.74) is 2.10. The summed E-state index contributed by atoms with van der Waals surface area (Å²) in [4.78, 5) is 24.1. The van der Waals surface area contributed by atoms with Gasteiger partial charge in [-0.25, -0.2) is 5.48 Å². The van der Waals surface area contributed by atoms with Crippen LogP contribution >= 0.6 is 0 Å². The third kappa shape index (κ3) is 8.35. The minimum Gasteiger partial charge on any atom is -0.393 e. The Morgan fingerprint density at radius 3 is 2.36 bits per heavy atom. The quantitative estimate of drug-likeness (QED) is 0.160. The number of hydrogen-bond acceptors (Lipinski definition) is 9. The highest BCUT2D eigenvalue weighted by Gasteiger charge is 2.44. The number of rotatable bonds is 13. The number of hydrogen-bond donors (Lipinski definition) is 6. The number of hydroxylamine groups is 1. The highest BCUT2D eigenvalue weighted by molar-refractivity contribution is 5.75. The molecular formula is C17H33N3O8. The summed E-state index contributed by atoms with van der Waals surface area (Å²) in [7, 11) is 0. The molecule has 11 nitrogen and oxygen atoms in total. The lowest BCUT2D eigenvalue weighted by Gasteiger charge is -2.44. The van der Waals surface area contributed by atoms with Crippen LogP contribution in [0.2, 0.25) is 0 Å². The fourth-order valence-electron chi connectivity index (χ4n) is 2.85. The first-order valence-electron chi connectivity index (χ1n) is 9.59. The molecule has 1 heterocycles. The summed E-state index contributed by atoms with van der Waals surface area (Å²) >= 11 is 0. The van der Waals surface area contributed by atoms with Gasteiger partial charge in [-0.3, -0.25) is 14.5 Å². The van der Waals surface area contributed by atoms with Gasteiger partial charge in [-0.2, -0.15) is 0 Å².